The van der Waals surface area contributed by atoms with Crippen LogP contribution in [0.15, 0.2) is 47.5 Å². The lowest BCUT2D eigenvalue weighted by atomic mass is 10.2. The van der Waals surface area contributed by atoms with Gasteiger partial charge in [-0.3, -0.25) is 0 Å². The van der Waals surface area contributed by atoms with E-state index in [1.54, 1.807) is 12.1 Å². The zero-order valence-corrected chi connectivity index (χ0v) is 15.2. The van der Waals surface area contributed by atoms with Gasteiger partial charge in [-0.15, -0.1) is 0 Å². The molecule has 146 valence electrons. The highest BCUT2D eigenvalue weighted by Gasteiger charge is 2.36. The number of ether oxygens (including phenoxy) is 1. The summed E-state index contributed by atoms with van der Waals surface area (Å²) in [4.78, 5) is 3.31. The van der Waals surface area contributed by atoms with Crippen molar-refractivity contribution >= 4 is 10.0 Å². The molecular weight excluding hydrogens is 381 g/mol. The molecule has 1 saturated carbocycles. The van der Waals surface area contributed by atoms with Gasteiger partial charge in [-0.2, -0.15) is 13.2 Å². The van der Waals surface area contributed by atoms with E-state index in [0.717, 1.165) is 43.9 Å². The molecule has 0 spiro atoms. The Hall–Kier alpha value is -2.13. The molecule has 1 heterocycles. The second kappa shape index (κ2) is 7.85. The van der Waals surface area contributed by atoms with E-state index in [1.165, 1.54) is 12.3 Å². The number of hydrogen-bond acceptors (Lipinski definition) is 4. The predicted octanol–water partition coefficient (Wildman–Crippen LogP) is 3.90. The largest absolute Gasteiger partial charge is 0.474 e. The van der Waals surface area contributed by atoms with Gasteiger partial charge in [-0.1, -0.05) is 12.1 Å². The van der Waals surface area contributed by atoms with Gasteiger partial charge in [0.1, 0.15) is 6.10 Å². The summed E-state index contributed by atoms with van der Waals surface area (Å²) < 4.78 is 71.9. The van der Waals surface area contributed by atoms with Crippen molar-refractivity contribution in [3.8, 4) is 5.88 Å². The van der Waals surface area contributed by atoms with Crippen LogP contribution in [0.1, 0.15) is 36.8 Å². The molecule has 9 heteroatoms. The minimum absolute atomic E-state index is 0.100. The fraction of sp³-hybridized carbons (Fsp3) is 0.389. The molecule has 27 heavy (non-hydrogen) atoms. The number of pyridine rings is 1. The van der Waals surface area contributed by atoms with E-state index >= 15 is 0 Å². The van der Waals surface area contributed by atoms with Crippen molar-refractivity contribution < 1.29 is 26.3 Å². The first-order chi connectivity index (χ1) is 12.8. The molecular formula is C18H19F3N2O3S. The number of alkyl halides is 3. The van der Waals surface area contributed by atoms with Gasteiger partial charge in [0.2, 0.25) is 15.9 Å². The molecule has 0 aliphatic heterocycles. The van der Waals surface area contributed by atoms with Crippen LogP contribution >= 0.6 is 0 Å². The van der Waals surface area contributed by atoms with Crippen molar-refractivity contribution in [1.82, 2.24) is 9.71 Å². The third kappa shape index (κ3) is 4.98. The fourth-order valence-corrected chi connectivity index (χ4v) is 4.24. The zero-order valence-electron chi connectivity index (χ0n) is 14.4. The van der Waals surface area contributed by atoms with Crippen LogP contribution in [0.4, 0.5) is 13.2 Å². The monoisotopic (exact) mass is 400 g/mol. The second-order valence-electron chi connectivity index (χ2n) is 6.35. The number of rotatable bonds is 6. The first-order valence-electron chi connectivity index (χ1n) is 8.53. The van der Waals surface area contributed by atoms with Crippen LogP contribution in [0.2, 0.25) is 0 Å². The molecule has 0 unspecified atom stereocenters. The maximum absolute atomic E-state index is 13.1. The summed E-state index contributed by atoms with van der Waals surface area (Å²) in [5, 5.41) is 0. The van der Waals surface area contributed by atoms with E-state index in [4.69, 9.17) is 4.74 Å². The van der Waals surface area contributed by atoms with Gasteiger partial charge in [0, 0.05) is 18.8 Å². The van der Waals surface area contributed by atoms with Gasteiger partial charge in [0.25, 0.3) is 0 Å². The standard InChI is InChI=1S/C18H19F3N2O3S/c19-18(20,21)15-7-3-4-8-16(15)27(24,25)23-12-13-9-10-22-17(11-13)26-14-5-1-2-6-14/h3-4,7-11,14,23H,1-2,5-6,12H2. The number of aromatic nitrogens is 1. The summed E-state index contributed by atoms with van der Waals surface area (Å²) >= 11 is 0. The van der Waals surface area contributed by atoms with Crippen molar-refractivity contribution in [2.24, 2.45) is 0 Å². The zero-order chi connectivity index (χ0) is 19.5. The first-order valence-corrected chi connectivity index (χ1v) is 10.0. The highest BCUT2D eigenvalue weighted by Crippen LogP contribution is 2.34. The van der Waals surface area contributed by atoms with Gasteiger partial charge >= 0.3 is 6.18 Å². The van der Waals surface area contributed by atoms with Gasteiger partial charge in [0.05, 0.1) is 10.5 Å². The Labute approximate surface area is 155 Å². The number of hydrogen-bond donors (Lipinski definition) is 1. The Balaban J connectivity index is 1.73. The lowest BCUT2D eigenvalue weighted by molar-refractivity contribution is -0.139. The third-order valence-corrected chi connectivity index (χ3v) is 5.80. The third-order valence-electron chi connectivity index (χ3n) is 4.34. The van der Waals surface area contributed by atoms with Crippen LogP contribution in [0, 0.1) is 0 Å². The number of benzene rings is 1. The molecule has 0 amide bonds. The van der Waals surface area contributed by atoms with E-state index in [-0.39, 0.29) is 12.6 Å². The fourth-order valence-electron chi connectivity index (χ4n) is 2.99. The first kappa shape index (κ1) is 19.6. The van der Waals surface area contributed by atoms with Crippen molar-refractivity contribution in [2.75, 3.05) is 0 Å². The molecule has 0 saturated heterocycles. The summed E-state index contributed by atoms with van der Waals surface area (Å²) in [5.41, 5.74) is -0.649. The van der Waals surface area contributed by atoms with Crippen molar-refractivity contribution in [1.29, 1.82) is 0 Å². The Morgan fingerprint density at radius 3 is 2.56 bits per heavy atom. The van der Waals surface area contributed by atoms with E-state index in [0.29, 0.717) is 11.4 Å². The lowest BCUT2D eigenvalue weighted by Gasteiger charge is -2.14. The average Bonchev–Trinajstić information content (AvgIpc) is 3.13. The maximum atomic E-state index is 13.1. The number of nitrogens with one attached hydrogen (secondary N) is 1. The molecule has 1 fully saturated rings. The topological polar surface area (TPSA) is 68.3 Å². The van der Waals surface area contributed by atoms with Gasteiger partial charge in [-0.25, -0.2) is 18.1 Å². The van der Waals surface area contributed by atoms with Crippen molar-refractivity contribution in [2.45, 2.75) is 49.4 Å². The van der Waals surface area contributed by atoms with Gasteiger partial charge < -0.3 is 4.74 Å². The SMILES string of the molecule is O=S(=O)(NCc1ccnc(OC2CCCC2)c1)c1ccccc1C(F)(F)F. The normalized spacial score (nSPS) is 15.8. The molecule has 1 aliphatic carbocycles. The molecule has 0 bridgehead atoms. The quantitative estimate of drug-likeness (QED) is 0.799. The summed E-state index contributed by atoms with van der Waals surface area (Å²) in [5.74, 6) is 0.384. The highest BCUT2D eigenvalue weighted by atomic mass is 32.2. The van der Waals surface area contributed by atoms with Crippen LogP contribution in [0.3, 0.4) is 0 Å². The Morgan fingerprint density at radius 1 is 1.15 bits per heavy atom. The van der Waals surface area contributed by atoms with Gasteiger partial charge in [0.15, 0.2) is 0 Å². The van der Waals surface area contributed by atoms with E-state index in [9.17, 15) is 21.6 Å². The maximum Gasteiger partial charge on any atom is 0.417 e. The van der Waals surface area contributed by atoms with Crippen molar-refractivity contribution in [3.63, 3.8) is 0 Å². The Bertz CT molecular complexity index is 895. The van der Waals surface area contributed by atoms with Crippen LogP contribution < -0.4 is 9.46 Å². The molecule has 1 aromatic heterocycles. The molecule has 3 rings (SSSR count). The average molecular weight is 400 g/mol. The van der Waals surface area contributed by atoms with E-state index in [2.05, 4.69) is 9.71 Å². The molecule has 0 atom stereocenters. The predicted molar refractivity (Wildman–Crippen MR) is 92.6 cm³/mol. The number of nitrogens with zero attached hydrogens (tertiary/aromatic N) is 1. The second-order valence-corrected chi connectivity index (χ2v) is 8.08. The number of sulfonamides is 1. The van der Waals surface area contributed by atoms with E-state index < -0.39 is 26.7 Å². The van der Waals surface area contributed by atoms with Crippen LogP contribution in [-0.2, 0) is 22.7 Å². The van der Waals surface area contributed by atoms with Crippen molar-refractivity contribution in [3.05, 3.63) is 53.7 Å². The lowest BCUT2D eigenvalue weighted by Crippen LogP contribution is -2.26. The van der Waals surface area contributed by atoms with Crippen LogP contribution in [0.5, 0.6) is 5.88 Å². The Kier molecular flexibility index (Phi) is 5.71. The molecule has 1 aliphatic rings. The molecule has 5 nitrogen and oxygen atoms in total. The van der Waals surface area contributed by atoms with Gasteiger partial charge in [-0.05, 0) is 49.4 Å². The minimum Gasteiger partial charge on any atom is -0.474 e. The highest BCUT2D eigenvalue weighted by molar-refractivity contribution is 7.89. The summed E-state index contributed by atoms with van der Waals surface area (Å²) in [7, 11) is -4.34. The molecule has 2 aromatic rings. The van der Waals surface area contributed by atoms with Crippen LogP contribution in [0.25, 0.3) is 0 Å². The van der Waals surface area contributed by atoms with E-state index in [1.807, 2.05) is 0 Å². The van der Waals surface area contributed by atoms with Crippen LogP contribution in [-0.4, -0.2) is 19.5 Å². The molecule has 0 radical (unpaired) electrons. The Morgan fingerprint density at radius 2 is 1.85 bits per heavy atom. The molecule has 1 aromatic carbocycles. The number of halogens is 3. The summed E-state index contributed by atoms with van der Waals surface area (Å²) in [6, 6.07) is 7.26. The minimum atomic E-state index is -4.76. The molecule has 1 N–H and O–H groups in total. The smallest absolute Gasteiger partial charge is 0.417 e. The summed E-state index contributed by atoms with van der Waals surface area (Å²) in [6.45, 7) is -0.169. The summed E-state index contributed by atoms with van der Waals surface area (Å²) in [6.07, 6.45) is 0.926.